The summed E-state index contributed by atoms with van der Waals surface area (Å²) in [6, 6.07) is 24.3. The number of ether oxygens (including phenoxy) is 1. The van der Waals surface area contributed by atoms with Crippen molar-refractivity contribution in [2.24, 2.45) is 0 Å². The van der Waals surface area contributed by atoms with Gasteiger partial charge in [0.05, 0.1) is 12.9 Å². The molecule has 5 rings (SSSR count). The number of fused-ring (bicyclic) bond motifs is 1. The molecule has 1 aromatic heterocycles. The van der Waals surface area contributed by atoms with Crippen LogP contribution in [0.15, 0.2) is 91.5 Å². The van der Waals surface area contributed by atoms with Crippen LogP contribution in [-0.2, 0) is 19.5 Å². The molecule has 5 heteroatoms. The molecule has 0 radical (unpaired) electrons. The molecular formula is C28H27N3O2. The maximum atomic E-state index is 12.6. The quantitative estimate of drug-likeness (QED) is 0.377. The number of hydrogen-bond acceptors (Lipinski definition) is 4. The molecule has 1 aliphatic rings. The van der Waals surface area contributed by atoms with Crippen LogP contribution in [0.4, 0.5) is 5.69 Å². The minimum atomic E-state index is -0.187. The number of nitrogens with zero attached hydrogens (tertiary/aromatic N) is 2. The van der Waals surface area contributed by atoms with Gasteiger partial charge in [-0.15, -0.1) is 0 Å². The Kier molecular flexibility index (Phi) is 6.20. The van der Waals surface area contributed by atoms with E-state index in [1.165, 1.54) is 0 Å². The summed E-state index contributed by atoms with van der Waals surface area (Å²) in [4.78, 5) is 16.8. The zero-order chi connectivity index (χ0) is 22.5. The topological polar surface area (TPSA) is 56.2 Å². The Bertz CT molecular complexity index is 1200. The maximum absolute atomic E-state index is 12.6. The average molecular weight is 438 g/mol. The largest absolute Gasteiger partial charge is 0.483 e. The number of imidazole rings is 1. The van der Waals surface area contributed by atoms with Crippen molar-refractivity contribution in [1.82, 2.24) is 9.55 Å². The van der Waals surface area contributed by atoms with E-state index in [1.807, 2.05) is 77.8 Å². The second-order valence-corrected chi connectivity index (χ2v) is 8.34. The Morgan fingerprint density at radius 1 is 0.970 bits per heavy atom. The van der Waals surface area contributed by atoms with Gasteiger partial charge in [-0.3, -0.25) is 4.79 Å². The molecule has 166 valence electrons. The van der Waals surface area contributed by atoms with Gasteiger partial charge in [0.1, 0.15) is 11.9 Å². The van der Waals surface area contributed by atoms with E-state index in [1.54, 1.807) is 6.20 Å². The molecule has 0 aliphatic heterocycles. The van der Waals surface area contributed by atoms with E-state index in [4.69, 9.17) is 4.74 Å². The molecule has 4 aromatic rings. The van der Waals surface area contributed by atoms with E-state index in [0.29, 0.717) is 19.5 Å². The molecule has 1 N–H and O–H groups in total. The summed E-state index contributed by atoms with van der Waals surface area (Å²) in [6.07, 6.45) is 7.74. The Morgan fingerprint density at radius 2 is 1.76 bits per heavy atom. The first-order valence-corrected chi connectivity index (χ1v) is 11.4. The van der Waals surface area contributed by atoms with Gasteiger partial charge in [-0.25, -0.2) is 4.98 Å². The molecular weight excluding hydrogens is 410 g/mol. The lowest BCUT2D eigenvalue weighted by atomic mass is 9.86. The van der Waals surface area contributed by atoms with Crippen molar-refractivity contribution in [3.8, 4) is 5.75 Å². The lowest BCUT2D eigenvalue weighted by molar-refractivity contribution is 0.0972. The fourth-order valence-corrected chi connectivity index (χ4v) is 4.45. The van der Waals surface area contributed by atoms with Crippen molar-refractivity contribution in [2.75, 3.05) is 5.32 Å². The van der Waals surface area contributed by atoms with Crippen LogP contribution in [0.5, 0.6) is 5.75 Å². The zero-order valence-electron chi connectivity index (χ0n) is 18.5. The fraction of sp³-hybridized carbons (Fsp3) is 0.214. The first-order chi connectivity index (χ1) is 16.3. The van der Waals surface area contributed by atoms with Gasteiger partial charge >= 0.3 is 0 Å². The predicted octanol–water partition coefficient (Wildman–Crippen LogP) is 5.83. The van der Waals surface area contributed by atoms with Gasteiger partial charge in [0.2, 0.25) is 0 Å². The molecule has 1 heterocycles. The van der Waals surface area contributed by atoms with Crippen molar-refractivity contribution in [3.63, 3.8) is 0 Å². The molecule has 1 atom stereocenters. The van der Waals surface area contributed by atoms with Crippen molar-refractivity contribution in [3.05, 3.63) is 114 Å². The zero-order valence-corrected chi connectivity index (χ0v) is 18.5. The fourth-order valence-electron chi connectivity index (χ4n) is 4.45. The number of carbonyl (C=O) groups excluding carboxylic acids is 1. The third-order valence-corrected chi connectivity index (χ3v) is 6.14. The molecule has 1 aliphatic carbocycles. The van der Waals surface area contributed by atoms with Gasteiger partial charge in [-0.1, -0.05) is 48.5 Å². The minimum Gasteiger partial charge on any atom is -0.483 e. The van der Waals surface area contributed by atoms with Gasteiger partial charge in [0.25, 0.3) is 0 Å². The lowest BCUT2D eigenvalue weighted by Gasteiger charge is -2.26. The second kappa shape index (κ2) is 9.74. The molecule has 0 saturated carbocycles. The van der Waals surface area contributed by atoms with Crippen molar-refractivity contribution in [2.45, 2.75) is 38.5 Å². The Morgan fingerprint density at radius 3 is 2.52 bits per heavy atom. The van der Waals surface area contributed by atoms with Crippen LogP contribution in [0.3, 0.4) is 0 Å². The summed E-state index contributed by atoms with van der Waals surface area (Å²) in [5.74, 6) is 1.04. The van der Waals surface area contributed by atoms with E-state index in [9.17, 15) is 4.79 Å². The molecule has 3 aromatic carbocycles. The molecule has 0 amide bonds. The molecule has 5 nitrogen and oxygen atoms in total. The number of carbonyl (C=O) groups is 1. The summed E-state index contributed by atoms with van der Waals surface area (Å²) in [5, 5.41) is 3.52. The third-order valence-electron chi connectivity index (χ3n) is 6.14. The Labute approximate surface area is 194 Å². The molecule has 0 bridgehead atoms. The number of rotatable bonds is 8. The number of para-hydroxylation sites is 1. The van der Waals surface area contributed by atoms with Crippen molar-refractivity contribution < 1.29 is 9.53 Å². The van der Waals surface area contributed by atoms with Crippen LogP contribution < -0.4 is 10.1 Å². The molecule has 0 saturated heterocycles. The van der Waals surface area contributed by atoms with Crippen LogP contribution in [0.25, 0.3) is 0 Å². The normalized spacial score (nSPS) is 13.9. The monoisotopic (exact) mass is 437 g/mol. The minimum absolute atomic E-state index is 0.187. The first kappa shape index (κ1) is 21.0. The van der Waals surface area contributed by atoms with Crippen LogP contribution in [0, 0.1) is 0 Å². The number of hydrogen-bond donors (Lipinski definition) is 1. The number of aromatic nitrogens is 2. The number of Topliss-reactive ketones (excluding diaryl/α,β-unsaturated/α-hetero) is 1. The van der Waals surface area contributed by atoms with E-state index < -0.39 is 0 Å². The first-order valence-electron chi connectivity index (χ1n) is 11.4. The van der Waals surface area contributed by atoms with Crippen molar-refractivity contribution >= 4 is 11.5 Å². The highest BCUT2D eigenvalue weighted by Gasteiger charge is 2.24. The van der Waals surface area contributed by atoms with Gasteiger partial charge in [-0.05, 0) is 48.2 Å². The van der Waals surface area contributed by atoms with Crippen molar-refractivity contribution in [1.29, 1.82) is 0 Å². The SMILES string of the molecule is O=C1CCCc2c1ccc(OC(Cn1ccnc1)c1ccccc1)c2CNc1ccccc1. The average Bonchev–Trinajstić information content (AvgIpc) is 3.37. The van der Waals surface area contributed by atoms with Gasteiger partial charge in [-0.2, -0.15) is 0 Å². The summed E-state index contributed by atoms with van der Waals surface area (Å²) in [7, 11) is 0. The number of anilines is 1. The molecule has 1 unspecified atom stereocenters. The highest BCUT2D eigenvalue weighted by Crippen LogP contribution is 2.35. The Hall–Kier alpha value is -3.86. The summed E-state index contributed by atoms with van der Waals surface area (Å²) in [5.41, 5.74) is 5.16. The van der Waals surface area contributed by atoms with E-state index in [0.717, 1.165) is 46.5 Å². The number of benzene rings is 3. The van der Waals surface area contributed by atoms with E-state index in [2.05, 4.69) is 22.4 Å². The Balaban J connectivity index is 1.50. The van der Waals surface area contributed by atoms with Gasteiger partial charge < -0.3 is 14.6 Å². The standard InChI is InChI=1S/C28H27N3O2/c32-26-13-7-12-23-24(26)14-15-27(25(23)18-30-22-10-5-2-6-11-22)33-28(19-31-17-16-29-20-31)21-8-3-1-4-9-21/h1-6,8-11,14-17,20,28,30H,7,12-13,18-19H2. The number of nitrogens with one attached hydrogen (secondary N) is 1. The van der Waals surface area contributed by atoms with Gasteiger partial charge in [0, 0.05) is 42.2 Å². The summed E-state index contributed by atoms with van der Waals surface area (Å²) < 4.78 is 8.72. The van der Waals surface area contributed by atoms with Gasteiger partial charge in [0.15, 0.2) is 5.78 Å². The predicted molar refractivity (Wildman–Crippen MR) is 130 cm³/mol. The van der Waals surface area contributed by atoms with Crippen LogP contribution in [-0.4, -0.2) is 15.3 Å². The smallest absolute Gasteiger partial charge is 0.163 e. The number of ketones is 1. The van der Waals surface area contributed by atoms with Crippen LogP contribution in [0.1, 0.15) is 46.0 Å². The van der Waals surface area contributed by atoms with E-state index in [-0.39, 0.29) is 11.9 Å². The third kappa shape index (κ3) is 4.82. The highest BCUT2D eigenvalue weighted by atomic mass is 16.5. The molecule has 0 spiro atoms. The highest BCUT2D eigenvalue weighted by molar-refractivity contribution is 5.99. The second-order valence-electron chi connectivity index (χ2n) is 8.34. The van der Waals surface area contributed by atoms with E-state index >= 15 is 0 Å². The lowest BCUT2D eigenvalue weighted by Crippen LogP contribution is -2.19. The molecule has 33 heavy (non-hydrogen) atoms. The summed E-state index contributed by atoms with van der Waals surface area (Å²) >= 11 is 0. The van der Waals surface area contributed by atoms with Crippen LogP contribution in [0.2, 0.25) is 0 Å². The van der Waals surface area contributed by atoms with Crippen LogP contribution >= 0.6 is 0 Å². The summed E-state index contributed by atoms with van der Waals surface area (Å²) in [6.45, 7) is 1.24. The molecule has 0 fully saturated rings. The maximum Gasteiger partial charge on any atom is 0.163 e.